The molecule has 0 aliphatic rings. The maximum atomic E-state index is 13.3. The highest BCUT2D eigenvalue weighted by Crippen LogP contribution is 2.27. The second-order valence-corrected chi connectivity index (χ2v) is 10.3. The number of fused-ring (bicyclic) bond motifs is 1. The predicted octanol–water partition coefficient (Wildman–Crippen LogP) is 6.51. The lowest BCUT2D eigenvalue weighted by Crippen LogP contribution is -2.30. The van der Waals surface area contributed by atoms with Crippen LogP contribution in [0.15, 0.2) is 101 Å². The van der Waals surface area contributed by atoms with E-state index in [2.05, 4.69) is 35.0 Å². The van der Waals surface area contributed by atoms with Gasteiger partial charge in [0.05, 0.1) is 4.90 Å². The van der Waals surface area contributed by atoms with Crippen LogP contribution in [0.2, 0.25) is 0 Å². The zero-order valence-corrected chi connectivity index (χ0v) is 20.5. The molecule has 0 spiro atoms. The van der Waals surface area contributed by atoms with E-state index in [-0.39, 0.29) is 16.6 Å². The normalized spacial score (nSPS) is 12.3. The van der Waals surface area contributed by atoms with Crippen molar-refractivity contribution in [3.05, 3.63) is 112 Å². The monoisotopic (exact) mass is 498 g/mol. The van der Waals surface area contributed by atoms with Crippen molar-refractivity contribution in [1.29, 1.82) is 0 Å². The second kappa shape index (κ2) is 10.0. The van der Waals surface area contributed by atoms with E-state index >= 15 is 0 Å². The molecule has 1 heterocycles. The van der Waals surface area contributed by atoms with Crippen molar-refractivity contribution in [1.82, 2.24) is 8.87 Å². The molecule has 3 aromatic carbocycles. The van der Waals surface area contributed by atoms with E-state index in [4.69, 9.17) is 23.2 Å². The summed E-state index contributed by atoms with van der Waals surface area (Å²) in [7, 11) is -3.85. The molecule has 4 nitrogen and oxygen atoms in total. The zero-order chi connectivity index (χ0) is 23.4. The van der Waals surface area contributed by atoms with E-state index in [1.54, 1.807) is 24.3 Å². The fourth-order valence-electron chi connectivity index (χ4n) is 3.89. The lowest BCUT2D eigenvalue weighted by atomic mass is 10.1. The molecule has 0 N–H and O–H groups in total. The average Bonchev–Trinajstić information content (AvgIpc) is 3.17. The number of para-hydroxylation sites is 1. The minimum absolute atomic E-state index is 0.0368. The SMILES string of the molecule is Cc1ccc(S(=O)(=O)N(CCc2cn(Cc3ccccc3)c3ccccc23)/C(Cl)=C\Cl)cc1. The Hall–Kier alpha value is -2.73. The van der Waals surface area contributed by atoms with Crippen LogP contribution >= 0.6 is 23.2 Å². The number of benzene rings is 3. The van der Waals surface area contributed by atoms with Gasteiger partial charge < -0.3 is 4.57 Å². The van der Waals surface area contributed by atoms with Gasteiger partial charge in [-0.2, -0.15) is 0 Å². The molecule has 33 heavy (non-hydrogen) atoms. The van der Waals surface area contributed by atoms with Gasteiger partial charge in [-0.15, -0.1) is 0 Å². The Morgan fingerprint density at radius 3 is 2.33 bits per heavy atom. The average molecular weight is 499 g/mol. The lowest BCUT2D eigenvalue weighted by molar-refractivity contribution is 0.493. The van der Waals surface area contributed by atoms with Gasteiger partial charge in [0.25, 0.3) is 10.0 Å². The third-order valence-electron chi connectivity index (χ3n) is 5.59. The van der Waals surface area contributed by atoms with E-state index in [1.165, 1.54) is 5.56 Å². The summed E-state index contributed by atoms with van der Waals surface area (Å²) in [5, 5.41) is 1.05. The van der Waals surface area contributed by atoms with Crippen LogP contribution in [-0.2, 0) is 23.0 Å². The summed E-state index contributed by atoms with van der Waals surface area (Å²) in [4.78, 5) is 0.177. The Kier molecular flexibility index (Phi) is 7.13. The number of rotatable bonds is 8. The highest BCUT2D eigenvalue weighted by Gasteiger charge is 2.26. The molecule has 0 aliphatic carbocycles. The first kappa shape index (κ1) is 23.4. The van der Waals surface area contributed by atoms with Crippen molar-refractivity contribution in [3.63, 3.8) is 0 Å². The molecular weight excluding hydrogens is 475 g/mol. The summed E-state index contributed by atoms with van der Waals surface area (Å²) < 4.78 is 30.0. The van der Waals surface area contributed by atoms with E-state index in [0.717, 1.165) is 38.4 Å². The molecule has 0 unspecified atom stereocenters. The van der Waals surface area contributed by atoms with Crippen LogP contribution in [0.4, 0.5) is 0 Å². The first-order valence-corrected chi connectivity index (χ1v) is 12.8. The van der Waals surface area contributed by atoms with Crippen LogP contribution in [0.5, 0.6) is 0 Å². The van der Waals surface area contributed by atoms with E-state index in [9.17, 15) is 8.42 Å². The van der Waals surface area contributed by atoms with Crippen LogP contribution < -0.4 is 0 Å². The summed E-state index contributed by atoms with van der Waals surface area (Å²) in [6.45, 7) is 2.80. The van der Waals surface area contributed by atoms with E-state index in [1.807, 2.05) is 37.3 Å². The molecule has 4 aromatic rings. The molecule has 4 rings (SSSR count). The molecule has 170 valence electrons. The number of aryl methyl sites for hydroxylation is 1. The number of halogens is 2. The Balaban J connectivity index is 1.65. The summed E-state index contributed by atoms with van der Waals surface area (Å²) >= 11 is 12.1. The van der Waals surface area contributed by atoms with Gasteiger partial charge in [-0.25, -0.2) is 8.42 Å². The first-order chi connectivity index (χ1) is 15.9. The summed E-state index contributed by atoms with van der Waals surface area (Å²) in [6, 6.07) is 25.1. The Labute approximate surface area is 204 Å². The first-order valence-electron chi connectivity index (χ1n) is 10.6. The minimum atomic E-state index is -3.85. The van der Waals surface area contributed by atoms with Gasteiger partial charge in [-0.3, -0.25) is 4.31 Å². The zero-order valence-electron chi connectivity index (χ0n) is 18.2. The minimum Gasteiger partial charge on any atom is -0.343 e. The highest BCUT2D eigenvalue weighted by atomic mass is 35.5. The van der Waals surface area contributed by atoms with Crippen LogP contribution in [0, 0.1) is 6.92 Å². The molecule has 1 aromatic heterocycles. The summed E-state index contributed by atoms with van der Waals surface area (Å²) in [5.41, 5.74) is 5.41. The standard InChI is InChI=1S/C26H24Cl2N2O2S/c1-20-11-13-23(14-12-20)33(31,32)30(26(28)17-27)16-15-22-19-29(18-21-7-3-2-4-8-21)25-10-6-5-9-24(22)25/h2-14,17,19H,15-16,18H2,1H3/b26-17-. The molecule has 0 amide bonds. The van der Waals surface area contributed by atoms with Gasteiger partial charge in [0.15, 0.2) is 0 Å². The summed E-state index contributed by atoms with van der Waals surface area (Å²) in [6.07, 6.45) is 2.57. The van der Waals surface area contributed by atoms with Crippen LogP contribution in [0.3, 0.4) is 0 Å². The van der Waals surface area contributed by atoms with Gasteiger partial charge in [0, 0.05) is 35.7 Å². The van der Waals surface area contributed by atoms with E-state index in [0.29, 0.717) is 6.42 Å². The third-order valence-corrected chi connectivity index (χ3v) is 8.15. The molecule has 7 heteroatoms. The van der Waals surface area contributed by atoms with Crippen LogP contribution in [-0.4, -0.2) is 23.8 Å². The molecule has 0 saturated carbocycles. The lowest BCUT2D eigenvalue weighted by Gasteiger charge is -2.23. The number of nitrogens with zero attached hydrogens (tertiary/aromatic N) is 2. The summed E-state index contributed by atoms with van der Waals surface area (Å²) in [5.74, 6) is 0. The van der Waals surface area contributed by atoms with Crippen LogP contribution in [0.1, 0.15) is 16.7 Å². The van der Waals surface area contributed by atoms with Crippen LogP contribution in [0.25, 0.3) is 10.9 Å². The quantitative estimate of drug-likeness (QED) is 0.260. The number of hydrogen-bond acceptors (Lipinski definition) is 2. The van der Waals surface area contributed by atoms with Gasteiger partial charge >= 0.3 is 0 Å². The van der Waals surface area contributed by atoms with Gasteiger partial charge in [-0.05, 0) is 42.7 Å². The Morgan fingerprint density at radius 1 is 0.970 bits per heavy atom. The predicted molar refractivity (Wildman–Crippen MR) is 136 cm³/mol. The fourth-order valence-corrected chi connectivity index (χ4v) is 5.77. The Bertz CT molecular complexity index is 1380. The molecule has 0 radical (unpaired) electrons. The molecule has 0 atom stereocenters. The maximum Gasteiger partial charge on any atom is 0.265 e. The number of sulfonamides is 1. The highest BCUT2D eigenvalue weighted by molar-refractivity contribution is 7.89. The second-order valence-electron chi connectivity index (χ2n) is 7.86. The van der Waals surface area contributed by atoms with Gasteiger partial charge in [0.1, 0.15) is 5.16 Å². The molecule has 0 aliphatic heterocycles. The Morgan fingerprint density at radius 2 is 1.64 bits per heavy atom. The molecule has 0 saturated heterocycles. The fraction of sp³-hybridized carbons (Fsp3) is 0.154. The van der Waals surface area contributed by atoms with Crippen molar-refractivity contribution in [2.75, 3.05) is 6.54 Å². The van der Waals surface area contributed by atoms with Crippen molar-refractivity contribution in [2.24, 2.45) is 0 Å². The maximum absolute atomic E-state index is 13.3. The largest absolute Gasteiger partial charge is 0.343 e. The van der Waals surface area contributed by atoms with Crippen molar-refractivity contribution in [3.8, 4) is 0 Å². The van der Waals surface area contributed by atoms with Gasteiger partial charge in [-0.1, -0.05) is 89.4 Å². The smallest absolute Gasteiger partial charge is 0.265 e. The van der Waals surface area contributed by atoms with Crippen molar-refractivity contribution >= 4 is 44.1 Å². The molecular formula is C26H24Cl2N2O2S. The topological polar surface area (TPSA) is 42.3 Å². The molecule has 0 fully saturated rings. The number of hydrogen-bond donors (Lipinski definition) is 0. The van der Waals surface area contributed by atoms with Crippen molar-refractivity contribution in [2.45, 2.75) is 24.8 Å². The van der Waals surface area contributed by atoms with Gasteiger partial charge in [0.2, 0.25) is 0 Å². The number of aromatic nitrogens is 1. The third kappa shape index (κ3) is 5.11. The molecule has 0 bridgehead atoms. The van der Waals surface area contributed by atoms with Crippen molar-refractivity contribution < 1.29 is 8.42 Å². The van der Waals surface area contributed by atoms with E-state index < -0.39 is 10.0 Å².